The Morgan fingerprint density at radius 2 is 2.25 bits per heavy atom. The minimum Gasteiger partial charge on any atom is -0.394 e. The molecule has 0 aliphatic heterocycles. The van der Waals surface area contributed by atoms with E-state index in [0.717, 1.165) is 12.8 Å². The van der Waals surface area contributed by atoms with E-state index in [4.69, 9.17) is 10.2 Å². The van der Waals surface area contributed by atoms with Crippen molar-refractivity contribution in [1.29, 1.82) is 0 Å². The van der Waals surface area contributed by atoms with Crippen LogP contribution in [0.5, 0.6) is 0 Å². The lowest BCUT2D eigenvalue weighted by atomic mass is 10.2. The highest BCUT2D eigenvalue weighted by Crippen LogP contribution is 2.31. The maximum atomic E-state index is 11.0. The van der Waals surface area contributed by atoms with Gasteiger partial charge in [-0.2, -0.15) is 0 Å². The fourth-order valence-corrected chi connectivity index (χ4v) is 0.953. The summed E-state index contributed by atoms with van der Waals surface area (Å²) < 4.78 is 0. The highest BCUT2D eigenvalue weighted by Gasteiger charge is 2.24. The van der Waals surface area contributed by atoms with Crippen LogP contribution in [-0.4, -0.2) is 35.4 Å². The molecular formula is C8H15NO3. The first-order chi connectivity index (χ1) is 5.72. The number of amides is 1. The average Bonchev–Trinajstić information content (AvgIpc) is 2.84. The molecule has 1 atom stereocenters. The smallest absolute Gasteiger partial charge is 0.220 e. The first kappa shape index (κ1) is 9.48. The van der Waals surface area contributed by atoms with Gasteiger partial charge in [-0.3, -0.25) is 4.79 Å². The Labute approximate surface area is 71.6 Å². The van der Waals surface area contributed by atoms with Crippen LogP contribution in [0.15, 0.2) is 0 Å². The number of hydrogen-bond acceptors (Lipinski definition) is 3. The van der Waals surface area contributed by atoms with Gasteiger partial charge >= 0.3 is 0 Å². The number of aliphatic hydroxyl groups excluding tert-OH is 2. The van der Waals surface area contributed by atoms with Crippen molar-refractivity contribution in [2.45, 2.75) is 25.4 Å². The predicted octanol–water partition coefficient (Wildman–Crippen LogP) is -0.744. The molecule has 1 aliphatic rings. The number of hydrogen-bond donors (Lipinski definition) is 3. The number of aliphatic hydroxyl groups is 2. The molecule has 70 valence electrons. The summed E-state index contributed by atoms with van der Waals surface area (Å²) in [6, 6.07) is 0. The van der Waals surface area contributed by atoms with Gasteiger partial charge in [-0.05, 0) is 18.8 Å². The molecule has 1 fully saturated rings. The lowest BCUT2D eigenvalue weighted by Gasteiger charge is -2.08. The van der Waals surface area contributed by atoms with Crippen molar-refractivity contribution in [1.82, 2.24) is 5.32 Å². The summed E-state index contributed by atoms with van der Waals surface area (Å²) in [5, 5.41) is 19.9. The maximum absolute atomic E-state index is 11.0. The molecule has 0 bridgehead atoms. The normalized spacial score (nSPS) is 18.8. The summed E-state index contributed by atoms with van der Waals surface area (Å²) in [5.41, 5.74) is 0. The van der Waals surface area contributed by atoms with Gasteiger partial charge in [-0.25, -0.2) is 0 Å². The second-order valence-corrected chi connectivity index (χ2v) is 3.29. The van der Waals surface area contributed by atoms with Crippen LogP contribution in [0.2, 0.25) is 0 Å². The zero-order chi connectivity index (χ0) is 8.97. The first-order valence-electron chi connectivity index (χ1n) is 4.28. The Balaban J connectivity index is 2.00. The second kappa shape index (κ2) is 4.42. The van der Waals surface area contributed by atoms with Crippen molar-refractivity contribution in [2.24, 2.45) is 5.92 Å². The predicted molar refractivity (Wildman–Crippen MR) is 43.4 cm³/mol. The van der Waals surface area contributed by atoms with E-state index in [1.807, 2.05) is 0 Å². The third-order valence-corrected chi connectivity index (χ3v) is 1.92. The van der Waals surface area contributed by atoms with Crippen LogP contribution in [0.3, 0.4) is 0 Å². The molecule has 1 saturated carbocycles. The molecule has 0 radical (unpaired) electrons. The van der Waals surface area contributed by atoms with E-state index in [1.54, 1.807) is 0 Å². The van der Waals surface area contributed by atoms with Crippen LogP contribution in [0.4, 0.5) is 0 Å². The van der Waals surface area contributed by atoms with E-state index in [0.29, 0.717) is 12.3 Å². The van der Waals surface area contributed by atoms with Gasteiger partial charge in [0.25, 0.3) is 0 Å². The van der Waals surface area contributed by atoms with Crippen molar-refractivity contribution >= 4 is 5.91 Å². The largest absolute Gasteiger partial charge is 0.394 e. The van der Waals surface area contributed by atoms with Crippen molar-refractivity contribution in [2.75, 3.05) is 13.2 Å². The van der Waals surface area contributed by atoms with E-state index >= 15 is 0 Å². The molecule has 0 aromatic carbocycles. The van der Waals surface area contributed by atoms with Crippen molar-refractivity contribution < 1.29 is 15.0 Å². The Bertz CT molecular complexity index is 156. The molecule has 1 amide bonds. The van der Waals surface area contributed by atoms with Gasteiger partial charge in [0.1, 0.15) is 0 Å². The topological polar surface area (TPSA) is 69.6 Å². The maximum Gasteiger partial charge on any atom is 0.220 e. The molecule has 0 unspecified atom stereocenters. The third-order valence-electron chi connectivity index (χ3n) is 1.92. The van der Waals surface area contributed by atoms with Crippen molar-refractivity contribution in [3.8, 4) is 0 Å². The fourth-order valence-electron chi connectivity index (χ4n) is 0.953. The van der Waals surface area contributed by atoms with Crippen molar-refractivity contribution in [3.05, 3.63) is 0 Å². The van der Waals surface area contributed by atoms with Crippen molar-refractivity contribution in [3.63, 3.8) is 0 Å². The summed E-state index contributed by atoms with van der Waals surface area (Å²) in [7, 11) is 0. The summed E-state index contributed by atoms with van der Waals surface area (Å²) in [4.78, 5) is 11.0. The Morgan fingerprint density at radius 1 is 1.58 bits per heavy atom. The highest BCUT2D eigenvalue weighted by molar-refractivity contribution is 5.76. The standard InChI is InChI=1S/C8H15NO3/c10-5-7(11)4-9-8(12)3-6-1-2-6/h6-7,10-11H,1-5H2,(H,9,12)/t7-/m1/s1. The van der Waals surface area contributed by atoms with Crippen LogP contribution in [0, 0.1) is 5.92 Å². The fraction of sp³-hybridized carbons (Fsp3) is 0.875. The summed E-state index contributed by atoms with van der Waals surface area (Å²) >= 11 is 0. The van der Waals surface area contributed by atoms with E-state index < -0.39 is 6.10 Å². The van der Waals surface area contributed by atoms with Crippen LogP contribution >= 0.6 is 0 Å². The van der Waals surface area contributed by atoms with Crippen LogP contribution < -0.4 is 5.32 Å². The minimum atomic E-state index is -0.826. The van der Waals surface area contributed by atoms with Crippen LogP contribution in [-0.2, 0) is 4.79 Å². The minimum absolute atomic E-state index is 0.0231. The third kappa shape index (κ3) is 3.69. The molecule has 0 aromatic heterocycles. The van der Waals surface area contributed by atoms with Crippen LogP contribution in [0.25, 0.3) is 0 Å². The van der Waals surface area contributed by atoms with E-state index in [9.17, 15) is 4.79 Å². The van der Waals surface area contributed by atoms with E-state index in [-0.39, 0.29) is 19.1 Å². The summed E-state index contributed by atoms with van der Waals surface area (Å²) in [5.74, 6) is 0.543. The zero-order valence-electron chi connectivity index (χ0n) is 6.99. The first-order valence-corrected chi connectivity index (χ1v) is 4.28. The van der Waals surface area contributed by atoms with Gasteiger partial charge in [-0.1, -0.05) is 0 Å². The molecule has 3 N–H and O–H groups in total. The molecule has 0 spiro atoms. The van der Waals surface area contributed by atoms with Gasteiger partial charge in [0.2, 0.25) is 5.91 Å². The Morgan fingerprint density at radius 3 is 2.75 bits per heavy atom. The highest BCUT2D eigenvalue weighted by atomic mass is 16.3. The monoisotopic (exact) mass is 173 g/mol. The average molecular weight is 173 g/mol. The number of nitrogens with one attached hydrogen (secondary N) is 1. The second-order valence-electron chi connectivity index (χ2n) is 3.29. The van der Waals surface area contributed by atoms with Gasteiger partial charge in [-0.15, -0.1) is 0 Å². The number of carbonyl (C=O) groups is 1. The molecule has 1 rings (SSSR count). The SMILES string of the molecule is O=C(CC1CC1)NC[C@@H](O)CO. The molecule has 4 nitrogen and oxygen atoms in total. The molecule has 12 heavy (non-hydrogen) atoms. The molecular weight excluding hydrogens is 158 g/mol. The lowest BCUT2D eigenvalue weighted by molar-refractivity contribution is -0.122. The van der Waals surface area contributed by atoms with Gasteiger partial charge < -0.3 is 15.5 Å². The quantitative estimate of drug-likeness (QED) is 0.512. The number of carbonyl (C=O) groups excluding carboxylic acids is 1. The summed E-state index contributed by atoms with van der Waals surface area (Å²) in [6.45, 7) is -0.147. The molecule has 1 aliphatic carbocycles. The van der Waals surface area contributed by atoms with E-state index in [2.05, 4.69) is 5.32 Å². The molecule has 4 heteroatoms. The number of rotatable bonds is 5. The Hall–Kier alpha value is -0.610. The summed E-state index contributed by atoms with van der Waals surface area (Å²) in [6.07, 6.45) is 2.04. The van der Waals surface area contributed by atoms with Gasteiger partial charge in [0.15, 0.2) is 0 Å². The molecule has 0 heterocycles. The van der Waals surface area contributed by atoms with E-state index in [1.165, 1.54) is 0 Å². The lowest BCUT2D eigenvalue weighted by Crippen LogP contribution is -2.33. The van der Waals surface area contributed by atoms with Gasteiger partial charge in [0, 0.05) is 13.0 Å². The molecule has 0 saturated heterocycles. The Kier molecular flexibility index (Phi) is 3.49. The van der Waals surface area contributed by atoms with Gasteiger partial charge in [0.05, 0.1) is 12.7 Å². The van der Waals surface area contributed by atoms with Crippen LogP contribution in [0.1, 0.15) is 19.3 Å². The molecule has 0 aromatic rings. The zero-order valence-corrected chi connectivity index (χ0v) is 6.99.